The van der Waals surface area contributed by atoms with Crippen molar-refractivity contribution >= 4 is 17.3 Å². The zero-order chi connectivity index (χ0) is 14.4. The summed E-state index contributed by atoms with van der Waals surface area (Å²) in [6, 6.07) is 4.01. The zero-order valence-electron chi connectivity index (χ0n) is 12.1. The quantitative estimate of drug-likeness (QED) is 0.775. The van der Waals surface area contributed by atoms with Crippen molar-refractivity contribution in [2.24, 2.45) is 0 Å². The number of hydrogen-bond acceptors (Lipinski definition) is 3. The Labute approximate surface area is 118 Å². The number of hydrogen-bond donors (Lipinski definition) is 0. The molecule has 0 spiro atoms. The Morgan fingerprint density at radius 1 is 1.20 bits per heavy atom. The van der Waals surface area contributed by atoms with Crippen LogP contribution in [-0.2, 0) is 16.0 Å². The van der Waals surface area contributed by atoms with Crippen molar-refractivity contribution in [2.45, 2.75) is 39.5 Å². The van der Waals surface area contributed by atoms with Crippen molar-refractivity contribution in [1.29, 1.82) is 0 Å². The summed E-state index contributed by atoms with van der Waals surface area (Å²) in [6.45, 7) is 6.73. The Balaban J connectivity index is 2.31. The number of rotatable bonds is 2. The molecule has 0 bridgehead atoms. The number of carbonyl (C=O) groups excluding carboxylic acids is 2. The third kappa shape index (κ3) is 1.65. The van der Waals surface area contributed by atoms with Crippen LogP contribution in [0.25, 0.3) is 5.76 Å². The third-order valence-corrected chi connectivity index (χ3v) is 4.15. The first kappa shape index (κ1) is 13.1. The average Bonchev–Trinajstić information content (AvgIpc) is 2.92. The van der Waals surface area contributed by atoms with Crippen LogP contribution in [0.3, 0.4) is 0 Å². The van der Waals surface area contributed by atoms with Gasteiger partial charge in [0.05, 0.1) is 6.61 Å². The van der Waals surface area contributed by atoms with E-state index < -0.39 is 0 Å². The molecule has 3 nitrogen and oxygen atoms in total. The minimum Gasteiger partial charge on any atom is -0.492 e. The van der Waals surface area contributed by atoms with Crippen LogP contribution in [0.2, 0.25) is 0 Å². The fraction of sp³-hybridized carbons (Fsp3) is 0.412. The second-order valence-corrected chi connectivity index (χ2v) is 5.63. The van der Waals surface area contributed by atoms with Gasteiger partial charge in [-0.25, -0.2) is 0 Å². The molecule has 0 saturated heterocycles. The molecule has 1 aliphatic heterocycles. The molecule has 0 radical (unpaired) electrons. The number of ether oxygens (including phenoxy) is 1. The Bertz CT molecular complexity index is 650. The van der Waals surface area contributed by atoms with Crippen LogP contribution in [0.4, 0.5) is 0 Å². The lowest BCUT2D eigenvalue weighted by Gasteiger charge is -2.22. The van der Waals surface area contributed by atoms with Gasteiger partial charge < -0.3 is 4.74 Å². The van der Waals surface area contributed by atoms with Crippen molar-refractivity contribution in [3.05, 3.63) is 40.0 Å². The van der Waals surface area contributed by atoms with Gasteiger partial charge in [-0.05, 0) is 23.5 Å². The molecule has 1 aromatic carbocycles. The van der Waals surface area contributed by atoms with Gasteiger partial charge in [0.2, 0.25) is 11.6 Å². The molecular weight excluding hydrogens is 252 g/mol. The minimum atomic E-state index is -0.374. The summed E-state index contributed by atoms with van der Waals surface area (Å²) >= 11 is 0. The van der Waals surface area contributed by atoms with Gasteiger partial charge in [0.25, 0.3) is 0 Å². The molecule has 3 rings (SSSR count). The molecule has 0 aromatic heterocycles. The summed E-state index contributed by atoms with van der Waals surface area (Å²) in [7, 11) is 0. The lowest BCUT2D eigenvalue weighted by molar-refractivity contribution is -0.111. The van der Waals surface area contributed by atoms with Gasteiger partial charge in [-0.15, -0.1) is 0 Å². The maximum atomic E-state index is 12.5. The van der Waals surface area contributed by atoms with E-state index in [0.717, 1.165) is 23.1 Å². The lowest BCUT2D eigenvalue weighted by atomic mass is 9.81. The minimum absolute atomic E-state index is 0.332. The first-order valence-electron chi connectivity index (χ1n) is 7.17. The summed E-state index contributed by atoms with van der Waals surface area (Å²) in [4.78, 5) is 24.7. The monoisotopic (exact) mass is 270 g/mol. The lowest BCUT2D eigenvalue weighted by Crippen LogP contribution is -2.25. The smallest absolute Gasteiger partial charge is 0.234 e. The van der Waals surface area contributed by atoms with E-state index in [2.05, 4.69) is 19.9 Å². The van der Waals surface area contributed by atoms with E-state index in [1.807, 2.05) is 13.0 Å². The third-order valence-electron chi connectivity index (χ3n) is 4.15. The van der Waals surface area contributed by atoms with Crippen molar-refractivity contribution in [3.63, 3.8) is 0 Å². The molecule has 104 valence electrons. The molecule has 1 heterocycles. The van der Waals surface area contributed by atoms with E-state index in [4.69, 9.17) is 4.74 Å². The predicted octanol–water partition coefficient (Wildman–Crippen LogP) is 3.27. The molecule has 0 unspecified atom stereocenters. The van der Waals surface area contributed by atoms with Gasteiger partial charge >= 0.3 is 0 Å². The number of benzene rings is 1. The van der Waals surface area contributed by atoms with Crippen LogP contribution < -0.4 is 0 Å². The maximum Gasteiger partial charge on any atom is 0.234 e. The first-order valence-corrected chi connectivity index (χ1v) is 7.17. The zero-order valence-corrected chi connectivity index (χ0v) is 12.1. The molecule has 1 aliphatic carbocycles. The number of carbonyl (C=O) groups is 2. The standard InChI is InChI=1S/C17H18O3/c1-4-10-11(9(2)3)5-6-12-14(10)16(19)15(18)13-7-8-20-17(12)13/h5-6,9H,4,7-8H2,1-3H3. The Hall–Kier alpha value is -1.90. The number of ketones is 2. The molecule has 3 heteroatoms. The van der Waals surface area contributed by atoms with Crippen molar-refractivity contribution in [3.8, 4) is 0 Å². The average molecular weight is 270 g/mol. The molecule has 0 amide bonds. The first-order chi connectivity index (χ1) is 9.56. The van der Waals surface area contributed by atoms with Crippen LogP contribution >= 0.6 is 0 Å². The van der Waals surface area contributed by atoms with Gasteiger partial charge in [-0.2, -0.15) is 0 Å². The summed E-state index contributed by atoms with van der Waals surface area (Å²) < 4.78 is 5.61. The van der Waals surface area contributed by atoms with E-state index in [0.29, 0.717) is 35.8 Å². The Morgan fingerprint density at radius 3 is 2.60 bits per heavy atom. The van der Waals surface area contributed by atoms with Crippen LogP contribution in [0.15, 0.2) is 17.7 Å². The molecule has 2 aliphatic rings. The van der Waals surface area contributed by atoms with Gasteiger partial charge in [0.15, 0.2) is 0 Å². The topological polar surface area (TPSA) is 43.4 Å². The van der Waals surface area contributed by atoms with E-state index in [-0.39, 0.29) is 11.6 Å². The largest absolute Gasteiger partial charge is 0.492 e. The molecule has 0 atom stereocenters. The Morgan fingerprint density at radius 2 is 1.95 bits per heavy atom. The van der Waals surface area contributed by atoms with Crippen LogP contribution in [0.1, 0.15) is 60.2 Å². The van der Waals surface area contributed by atoms with Gasteiger partial charge in [-0.3, -0.25) is 9.59 Å². The summed E-state index contributed by atoms with van der Waals surface area (Å²) in [6.07, 6.45) is 1.30. The number of Topliss-reactive ketones (excluding diaryl/α,β-unsaturated/α-hetero) is 2. The SMILES string of the molecule is CCc1c(C(C)C)ccc2c1C(=O)C(=O)C1=C2OCC1. The summed E-state index contributed by atoms with van der Waals surface area (Å²) in [5, 5.41) is 0. The fourth-order valence-corrected chi connectivity index (χ4v) is 3.20. The highest BCUT2D eigenvalue weighted by Gasteiger charge is 2.38. The summed E-state index contributed by atoms with van der Waals surface area (Å²) in [5.74, 6) is 0.233. The highest BCUT2D eigenvalue weighted by Crippen LogP contribution is 2.39. The predicted molar refractivity (Wildman–Crippen MR) is 76.7 cm³/mol. The highest BCUT2D eigenvalue weighted by atomic mass is 16.5. The van der Waals surface area contributed by atoms with Crippen LogP contribution in [0.5, 0.6) is 0 Å². The highest BCUT2D eigenvalue weighted by molar-refractivity contribution is 6.52. The molecule has 0 saturated carbocycles. The summed E-state index contributed by atoms with van der Waals surface area (Å²) in [5.41, 5.74) is 4.09. The fourth-order valence-electron chi connectivity index (χ4n) is 3.20. The molecule has 0 fully saturated rings. The van der Waals surface area contributed by atoms with Gasteiger partial charge in [-0.1, -0.05) is 32.9 Å². The van der Waals surface area contributed by atoms with Crippen molar-refractivity contribution in [1.82, 2.24) is 0 Å². The van der Waals surface area contributed by atoms with Crippen LogP contribution in [0, 0.1) is 0 Å². The molecule has 0 N–H and O–H groups in total. The normalized spacial score (nSPS) is 17.4. The second-order valence-electron chi connectivity index (χ2n) is 5.63. The van der Waals surface area contributed by atoms with E-state index in [1.165, 1.54) is 0 Å². The molecule has 20 heavy (non-hydrogen) atoms. The van der Waals surface area contributed by atoms with E-state index >= 15 is 0 Å². The number of fused-ring (bicyclic) bond motifs is 2. The van der Waals surface area contributed by atoms with Crippen LogP contribution in [-0.4, -0.2) is 18.2 Å². The van der Waals surface area contributed by atoms with Gasteiger partial charge in [0.1, 0.15) is 5.76 Å². The molecule has 1 aromatic rings. The van der Waals surface area contributed by atoms with Gasteiger partial charge in [0, 0.05) is 23.1 Å². The van der Waals surface area contributed by atoms with Crippen molar-refractivity contribution < 1.29 is 14.3 Å². The maximum absolute atomic E-state index is 12.5. The van der Waals surface area contributed by atoms with Crippen molar-refractivity contribution in [2.75, 3.05) is 6.61 Å². The molecular formula is C17H18O3. The Kier molecular flexibility index (Phi) is 3.00. The van der Waals surface area contributed by atoms with E-state index in [9.17, 15) is 9.59 Å². The van der Waals surface area contributed by atoms with E-state index in [1.54, 1.807) is 0 Å². The second kappa shape index (κ2) is 4.58.